The molecule has 0 N–H and O–H groups in total. The molecule has 0 aromatic heterocycles. The second kappa shape index (κ2) is 3.45. The van der Waals surface area contributed by atoms with Gasteiger partial charge in [0.15, 0.2) is 0 Å². The van der Waals surface area contributed by atoms with Crippen LogP contribution >= 0.6 is 0 Å². The fourth-order valence-corrected chi connectivity index (χ4v) is 1.90. The molecule has 1 aliphatic heterocycles. The van der Waals surface area contributed by atoms with Gasteiger partial charge in [0, 0.05) is 18.7 Å². The zero-order valence-electron chi connectivity index (χ0n) is 8.66. The average Bonchev–Trinajstić information content (AvgIpc) is 2.44. The van der Waals surface area contributed by atoms with Gasteiger partial charge in [0.1, 0.15) is 0 Å². The summed E-state index contributed by atoms with van der Waals surface area (Å²) in [6, 6.07) is 7.87. The van der Waals surface area contributed by atoms with Gasteiger partial charge in [-0.3, -0.25) is 4.79 Å². The number of carbonyl (C=O) groups excluding carboxylic acids is 1. The van der Waals surface area contributed by atoms with Crippen molar-refractivity contribution in [1.29, 1.82) is 0 Å². The lowest BCUT2D eigenvalue weighted by atomic mass is 10.1. The Morgan fingerprint density at radius 3 is 2.71 bits per heavy atom. The fourth-order valence-electron chi connectivity index (χ4n) is 1.90. The Balaban J connectivity index is 2.21. The van der Waals surface area contributed by atoms with Crippen LogP contribution in [0.25, 0.3) is 0 Å². The average molecular weight is 189 g/mol. The quantitative estimate of drug-likeness (QED) is 0.699. The van der Waals surface area contributed by atoms with E-state index >= 15 is 0 Å². The van der Waals surface area contributed by atoms with Crippen LogP contribution in [0.15, 0.2) is 24.3 Å². The van der Waals surface area contributed by atoms with Gasteiger partial charge >= 0.3 is 0 Å². The zero-order valence-corrected chi connectivity index (χ0v) is 8.66. The maximum absolute atomic E-state index is 11.9. The van der Waals surface area contributed by atoms with Gasteiger partial charge in [0.25, 0.3) is 5.91 Å². The molecule has 0 spiro atoms. The number of fused-ring (bicyclic) bond motifs is 1. The molecule has 1 aromatic carbocycles. The van der Waals surface area contributed by atoms with Crippen LogP contribution in [0.3, 0.4) is 0 Å². The Morgan fingerprint density at radius 1 is 1.36 bits per heavy atom. The van der Waals surface area contributed by atoms with Crippen LogP contribution in [-0.4, -0.2) is 17.4 Å². The van der Waals surface area contributed by atoms with Crippen LogP contribution in [0.1, 0.15) is 29.8 Å². The molecule has 0 aliphatic carbocycles. The van der Waals surface area contributed by atoms with Crippen LogP contribution in [-0.2, 0) is 6.54 Å². The summed E-state index contributed by atoms with van der Waals surface area (Å²) in [4.78, 5) is 13.8. The lowest BCUT2D eigenvalue weighted by Gasteiger charge is -2.17. The highest BCUT2D eigenvalue weighted by Gasteiger charge is 2.26. The predicted molar refractivity (Wildman–Crippen MR) is 56.0 cm³/mol. The largest absolute Gasteiger partial charge is 0.334 e. The van der Waals surface area contributed by atoms with E-state index in [0.717, 1.165) is 24.2 Å². The molecule has 2 rings (SSSR count). The summed E-state index contributed by atoms with van der Waals surface area (Å²) in [5, 5.41) is 0. The van der Waals surface area contributed by atoms with Gasteiger partial charge in [-0.1, -0.05) is 32.0 Å². The SMILES string of the molecule is CC(C)CN1Cc2ccccc2C1=O. The second-order valence-electron chi connectivity index (χ2n) is 4.24. The number of amides is 1. The standard InChI is InChI=1S/C12H15NO/c1-9(2)7-13-8-10-5-3-4-6-11(10)12(13)14/h3-6,9H,7-8H2,1-2H3. The molecule has 14 heavy (non-hydrogen) atoms. The lowest BCUT2D eigenvalue weighted by Crippen LogP contribution is -2.27. The van der Waals surface area contributed by atoms with Gasteiger partial charge in [-0.25, -0.2) is 0 Å². The summed E-state index contributed by atoms with van der Waals surface area (Å²) in [5.74, 6) is 0.725. The number of hydrogen-bond acceptors (Lipinski definition) is 1. The molecule has 1 aliphatic rings. The highest BCUT2D eigenvalue weighted by atomic mass is 16.2. The van der Waals surface area contributed by atoms with Crippen molar-refractivity contribution in [1.82, 2.24) is 4.90 Å². The van der Waals surface area contributed by atoms with Gasteiger partial charge in [-0.05, 0) is 17.5 Å². The number of rotatable bonds is 2. The molecular formula is C12H15NO. The van der Waals surface area contributed by atoms with E-state index in [-0.39, 0.29) is 5.91 Å². The summed E-state index contributed by atoms with van der Waals surface area (Å²) in [6.07, 6.45) is 0. The molecule has 74 valence electrons. The second-order valence-corrected chi connectivity index (χ2v) is 4.24. The van der Waals surface area contributed by atoms with Crippen molar-refractivity contribution in [2.45, 2.75) is 20.4 Å². The Morgan fingerprint density at radius 2 is 2.07 bits per heavy atom. The summed E-state index contributed by atoms with van der Waals surface area (Å²) in [6.45, 7) is 5.91. The van der Waals surface area contributed by atoms with Crippen molar-refractivity contribution >= 4 is 5.91 Å². The first-order chi connectivity index (χ1) is 6.68. The zero-order chi connectivity index (χ0) is 10.1. The molecule has 0 unspecified atom stereocenters. The van der Waals surface area contributed by atoms with E-state index in [1.54, 1.807) is 0 Å². The Kier molecular flexibility index (Phi) is 2.28. The van der Waals surface area contributed by atoms with E-state index in [9.17, 15) is 4.79 Å². The monoisotopic (exact) mass is 189 g/mol. The van der Waals surface area contributed by atoms with Gasteiger partial charge < -0.3 is 4.90 Å². The summed E-state index contributed by atoms with van der Waals surface area (Å²) < 4.78 is 0. The van der Waals surface area contributed by atoms with Crippen molar-refractivity contribution < 1.29 is 4.79 Å². The van der Waals surface area contributed by atoms with E-state index in [2.05, 4.69) is 13.8 Å². The van der Waals surface area contributed by atoms with Crippen LogP contribution in [0, 0.1) is 5.92 Å². The number of nitrogens with zero attached hydrogens (tertiary/aromatic N) is 1. The van der Waals surface area contributed by atoms with Gasteiger partial charge in [-0.2, -0.15) is 0 Å². The molecule has 0 bridgehead atoms. The molecule has 1 amide bonds. The maximum Gasteiger partial charge on any atom is 0.254 e. The lowest BCUT2D eigenvalue weighted by molar-refractivity contribution is 0.0760. The number of benzene rings is 1. The first kappa shape index (κ1) is 9.25. The highest BCUT2D eigenvalue weighted by molar-refractivity contribution is 5.98. The molecule has 0 saturated heterocycles. The molecule has 2 nitrogen and oxygen atoms in total. The Bertz CT molecular complexity index is 357. The maximum atomic E-state index is 11.9. The first-order valence-corrected chi connectivity index (χ1v) is 5.05. The summed E-state index contributed by atoms with van der Waals surface area (Å²) in [5.41, 5.74) is 2.05. The highest BCUT2D eigenvalue weighted by Crippen LogP contribution is 2.22. The normalized spacial score (nSPS) is 15.1. The molecule has 0 saturated carbocycles. The first-order valence-electron chi connectivity index (χ1n) is 5.05. The minimum atomic E-state index is 0.189. The van der Waals surface area contributed by atoms with Crippen LogP contribution in [0.4, 0.5) is 0 Å². The van der Waals surface area contributed by atoms with Gasteiger partial charge in [-0.15, -0.1) is 0 Å². The molecule has 2 heteroatoms. The number of hydrogen-bond donors (Lipinski definition) is 0. The van der Waals surface area contributed by atoms with Crippen molar-refractivity contribution in [2.24, 2.45) is 5.92 Å². The predicted octanol–water partition coefficient (Wildman–Crippen LogP) is 2.30. The van der Waals surface area contributed by atoms with Crippen molar-refractivity contribution in [3.05, 3.63) is 35.4 Å². The third-order valence-corrected chi connectivity index (χ3v) is 2.48. The van der Waals surface area contributed by atoms with Crippen molar-refractivity contribution in [3.8, 4) is 0 Å². The summed E-state index contributed by atoms with van der Waals surface area (Å²) in [7, 11) is 0. The van der Waals surface area contributed by atoms with Gasteiger partial charge in [0.05, 0.1) is 0 Å². The van der Waals surface area contributed by atoms with E-state index in [1.807, 2.05) is 29.2 Å². The van der Waals surface area contributed by atoms with E-state index in [1.165, 1.54) is 0 Å². The smallest absolute Gasteiger partial charge is 0.254 e. The van der Waals surface area contributed by atoms with Crippen molar-refractivity contribution in [3.63, 3.8) is 0 Å². The molecule has 1 aromatic rings. The minimum Gasteiger partial charge on any atom is -0.334 e. The molecule has 0 fully saturated rings. The van der Waals surface area contributed by atoms with Crippen molar-refractivity contribution in [2.75, 3.05) is 6.54 Å². The molecule has 0 atom stereocenters. The third kappa shape index (κ3) is 1.52. The van der Waals surface area contributed by atoms with E-state index in [4.69, 9.17) is 0 Å². The Hall–Kier alpha value is -1.31. The number of carbonyl (C=O) groups is 1. The summed E-state index contributed by atoms with van der Waals surface area (Å²) >= 11 is 0. The topological polar surface area (TPSA) is 20.3 Å². The van der Waals surface area contributed by atoms with Crippen LogP contribution < -0.4 is 0 Å². The Labute approximate surface area is 84.5 Å². The molecule has 0 radical (unpaired) electrons. The third-order valence-electron chi connectivity index (χ3n) is 2.48. The minimum absolute atomic E-state index is 0.189. The van der Waals surface area contributed by atoms with E-state index < -0.39 is 0 Å². The van der Waals surface area contributed by atoms with Crippen LogP contribution in [0.2, 0.25) is 0 Å². The fraction of sp³-hybridized carbons (Fsp3) is 0.417. The molecular weight excluding hydrogens is 174 g/mol. The van der Waals surface area contributed by atoms with E-state index in [0.29, 0.717) is 5.92 Å². The van der Waals surface area contributed by atoms with Crippen LogP contribution in [0.5, 0.6) is 0 Å². The van der Waals surface area contributed by atoms with Gasteiger partial charge in [0.2, 0.25) is 0 Å². The molecule has 1 heterocycles.